The first-order valence-electron chi connectivity index (χ1n) is 5.42. The van der Waals surface area contributed by atoms with Crippen LogP contribution in [0, 0.1) is 6.92 Å². The third-order valence-corrected chi connectivity index (χ3v) is 2.56. The summed E-state index contributed by atoms with van der Waals surface area (Å²) < 4.78 is 0. The molecule has 1 aromatic heterocycles. The molecule has 17 heavy (non-hydrogen) atoms. The number of H-pyrrole nitrogens is 1. The monoisotopic (exact) mass is 229 g/mol. The standard InChI is InChI=1S/C13H15N3O/c1-9-8-12(15-13(17)14-9)10-4-6-11(7-5-10)16(2)3/h4-8H,1-3H3,(H,14,15,17). The fourth-order valence-corrected chi connectivity index (χ4v) is 1.66. The third-order valence-electron chi connectivity index (χ3n) is 2.56. The molecule has 0 saturated carbocycles. The van der Waals surface area contributed by atoms with Gasteiger partial charge in [-0.25, -0.2) is 4.79 Å². The van der Waals surface area contributed by atoms with Crippen LogP contribution in [0.4, 0.5) is 5.69 Å². The zero-order valence-electron chi connectivity index (χ0n) is 10.2. The molecule has 4 nitrogen and oxygen atoms in total. The van der Waals surface area contributed by atoms with Gasteiger partial charge >= 0.3 is 5.69 Å². The second-order valence-corrected chi connectivity index (χ2v) is 4.20. The molecule has 0 aliphatic rings. The lowest BCUT2D eigenvalue weighted by Crippen LogP contribution is -2.12. The first-order valence-corrected chi connectivity index (χ1v) is 5.42. The van der Waals surface area contributed by atoms with Gasteiger partial charge in [0.1, 0.15) is 0 Å². The lowest BCUT2D eigenvalue weighted by molar-refractivity contribution is 1.03. The molecule has 0 fully saturated rings. The molecular weight excluding hydrogens is 214 g/mol. The van der Waals surface area contributed by atoms with E-state index in [0.29, 0.717) is 5.69 Å². The minimum Gasteiger partial charge on any atom is -0.378 e. The van der Waals surface area contributed by atoms with Crippen LogP contribution in [-0.2, 0) is 0 Å². The van der Waals surface area contributed by atoms with Crippen molar-refractivity contribution in [3.05, 3.63) is 46.5 Å². The maximum absolute atomic E-state index is 11.3. The fraction of sp³-hybridized carbons (Fsp3) is 0.231. The van der Waals surface area contributed by atoms with Crippen LogP contribution in [0.5, 0.6) is 0 Å². The Morgan fingerprint density at radius 1 is 1.18 bits per heavy atom. The Morgan fingerprint density at radius 3 is 2.35 bits per heavy atom. The molecule has 0 amide bonds. The number of aryl methyl sites for hydroxylation is 1. The predicted octanol–water partition coefficient (Wildman–Crippen LogP) is 1.81. The molecule has 2 rings (SSSR count). The van der Waals surface area contributed by atoms with Crippen LogP contribution < -0.4 is 10.6 Å². The summed E-state index contributed by atoms with van der Waals surface area (Å²) in [7, 11) is 3.98. The number of benzene rings is 1. The van der Waals surface area contributed by atoms with Crippen molar-refractivity contribution in [1.29, 1.82) is 0 Å². The highest BCUT2D eigenvalue weighted by Gasteiger charge is 2.02. The van der Waals surface area contributed by atoms with Gasteiger partial charge in [-0.3, -0.25) is 0 Å². The van der Waals surface area contributed by atoms with Gasteiger partial charge in [-0.1, -0.05) is 12.1 Å². The van der Waals surface area contributed by atoms with Crippen molar-refractivity contribution in [1.82, 2.24) is 9.97 Å². The molecule has 0 aliphatic carbocycles. The molecular formula is C13H15N3O. The Balaban J connectivity index is 2.43. The summed E-state index contributed by atoms with van der Waals surface area (Å²) in [5.74, 6) is 0. The Labute approximate surface area is 99.9 Å². The quantitative estimate of drug-likeness (QED) is 0.854. The number of nitrogens with one attached hydrogen (secondary N) is 1. The lowest BCUT2D eigenvalue weighted by atomic mass is 10.1. The summed E-state index contributed by atoms with van der Waals surface area (Å²) in [5, 5.41) is 0. The van der Waals surface area contributed by atoms with Crippen LogP contribution in [-0.4, -0.2) is 24.1 Å². The molecule has 1 heterocycles. The zero-order chi connectivity index (χ0) is 12.4. The number of aromatic nitrogens is 2. The molecule has 0 bridgehead atoms. The van der Waals surface area contributed by atoms with Crippen LogP contribution in [0.25, 0.3) is 11.3 Å². The molecule has 0 radical (unpaired) electrons. The highest BCUT2D eigenvalue weighted by atomic mass is 16.1. The largest absolute Gasteiger partial charge is 0.378 e. The van der Waals surface area contributed by atoms with Crippen molar-refractivity contribution in [2.45, 2.75) is 6.92 Å². The van der Waals surface area contributed by atoms with Crippen LogP contribution >= 0.6 is 0 Å². The molecule has 2 aromatic rings. The molecule has 0 spiro atoms. The average Bonchev–Trinajstić information content (AvgIpc) is 2.28. The van der Waals surface area contributed by atoms with Crippen LogP contribution in [0.1, 0.15) is 5.69 Å². The van der Waals surface area contributed by atoms with Crippen LogP contribution in [0.3, 0.4) is 0 Å². The van der Waals surface area contributed by atoms with Gasteiger partial charge in [0.2, 0.25) is 0 Å². The topological polar surface area (TPSA) is 49.0 Å². The third kappa shape index (κ3) is 2.53. The Kier molecular flexibility index (Phi) is 2.95. The first kappa shape index (κ1) is 11.4. The predicted molar refractivity (Wildman–Crippen MR) is 69.4 cm³/mol. The second-order valence-electron chi connectivity index (χ2n) is 4.20. The highest BCUT2D eigenvalue weighted by Crippen LogP contribution is 2.19. The van der Waals surface area contributed by atoms with Gasteiger partial charge in [0.05, 0.1) is 5.69 Å². The molecule has 1 N–H and O–H groups in total. The lowest BCUT2D eigenvalue weighted by Gasteiger charge is -2.12. The van der Waals surface area contributed by atoms with E-state index in [9.17, 15) is 4.79 Å². The molecule has 0 atom stereocenters. The summed E-state index contributed by atoms with van der Waals surface area (Å²) >= 11 is 0. The smallest absolute Gasteiger partial charge is 0.345 e. The van der Waals surface area contributed by atoms with Gasteiger partial charge in [0.25, 0.3) is 0 Å². The van der Waals surface area contributed by atoms with Crippen molar-refractivity contribution in [2.24, 2.45) is 0 Å². The van der Waals surface area contributed by atoms with E-state index in [1.165, 1.54) is 0 Å². The number of anilines is 1. The molecule has 88 valence electrons. The van der Waals surface area contributed by atoms with Crippen molar-refractivity contribution >= 4 is 5.69 Å². The van der Waals surface area contributed by atoms with E-state index in [0.717, 1.165) is 16.9 Å². The van der Waals surface area contributed by atoms with E-state index in [1.807, 2.05) is 56.3 Å². The fourth-order valence-electron chi connectivity index (χ4n) is 1.66. The van der Waals surface area contributed by atoms with Crippen LogP contribution in [0.2, 0.25) is 0 Å². The van der Waals surface area contributed by atoms with Gasteiger partial charge in [-0.2, -0.15) is 4.98 Å². The number of hydrogen-bond donors (Lipinski definition) is 1. The maximum atomic E-state index is 11.3. The van der Waals surface area contributed by atoms with Gasteiger partial charge in [0.15, 0.2) is 0 Å². The average molecular weight is 229 g/mol. The number of hydrogen-bond acceptors (Lipinski definition) is 3. The molecule has 1 aromatic carbocycles. The van der Waals surface area contributed by atoms with Crippen molar-refractivity contribution in [2.75, 3.05) is 19.0 Å². The Bertz CT molecular complexity index is 570. The Hall–Kier alpha value is -2.10. The summed E-state index contributed by atoms with van der Waals surface area (Å²) in [6, 6.07) is 9.82. The van der Waals surface area contributed by atoms with Crippen molar-refractivity contribution in [3.63, 3.8) is 0 Å². The summed E-state index contributed by atoms with van der Waals surface area (Å²) in [4.78, 5) is 19.9. The molecule has 4 heteroatoms. The van der Waals surface area contributed by atoms with Gasteiger partial charge in [-0.05, 0) is 25.1 Å². The van der Waals surface area contributed by atoms with E-state index < -0.39 is 0 Å². The molecule has 0 saturated heterocycles. The number of aromatic amines is 1. The van der Waals surface area contributed by atoms with E-state index in [-0.39, 0.29) is 5.69 Å². The van der Waals surface area contributed by atoms with E-state index in [4.69, 9.17) is 0 Å². The summed E-state index contributed by atoms with van der Waals surface area (Å²) in [6.45, 7) is 1.85. The molecule has 0 unspecified atom stereocenters. The van der Waals surface area contributed by atoms with E-state index in [1.54, 1.807) is 0 Å². The second kappa shape index (κ2) is 4.41. The SMILES string of the molecule is Cc1cc(-c2ccc(N(C)C)cc2)nc(=O)[nH]1. The van der Waals surface area contributed by atoms with Gasteiger partial charge in [-0.15, -0.1) is 0 Å². The zero-order valence-corrected chi connectivity index (χ0v) is 10.2. The normalized spacial score (nSPS) is 10.3. The summed E-state index contributed by atoms with van der Waals surface area (Å²) in [5.41, 5.74) is 3.28. The Morgan fingerprint density at radius 2 is 1.82 bits per heavy atom. The first-order chi connectivity index (χ1) is 8.06. The minimum atomic E-state index is -0.309. The summed E-state index contributed by atoms with van der Waals surface area (Å²) in [6.07, 6.45) is 0. The van der Waals surface area contributed by atoms with Crippen molar-refractivity contribution < 1.29 is 0 Å². The number of nitrogens with zero attached hydrogens (tertiary/aromatic N) is 2. The van der Waals surface area contributed by atoms with Gasteiger partial charge < -0.3 is 9.88 Å². The highest BCUT2D eigenvalue weighted by molar-refractivity contribution is 5.62. The van der Waals surface area contributed by atoms with Gasteiger partial charge in [0, 0.05) is 31.0 Å². The van der Waals surface area contributed by atoms with Crippen LogP contribution in [0.15, 0.2) is 35.1 Å². The molecule has 0 aliphatic heterocycles. The maximum Gasteiger partial charge on any atom is 0.345 e. The van der Waals surface area contributed by atoms with E-state index in [2.05, 4.69) is 9.97 Å². The number of rotatable bonds is 2. The minimum absolute atomic E-state index is 0.309. The van der Waals surface area contributed by atoms with E-state index >= 15 is 0 Å². The van der Waals surface area contributed by atoms with Crippen molar-refractivity contribution in [3.8, 4) is 11.3 Å².